The summed E-state index contributed by atoms with van der Waals surface area (Å²) in [5.74, 6) is -2.62. The Labute approximate surface area is 185 Å². The molecule has 1 aliphatic rings. The Kier molecular flexibility index (Phi) is 7.14. The van der Waals surface area contributed by atoms with Gasteiger partial charge in [0.15, 0.2) is 11.5 Å². The molecule has 3 rings (SSSR count). The molecule has 0 bridgehead atoms. The quantitative estimate of drug-likeness (QED) is 0.236. The molecule has 1 atom stereocenters. The lowest BCUT2D eigenvalue weighted by atomic mass is 9.95. The largest absolute Gasteiger partial charge is 0.507 e. The summed E-state index contributed by atoms with van der Waals surface area (Å²) < 4.78 is 5.18. The van der Waals surface area contributed by atoms with Gasteiger partial charge in [-0.25, -0.2) is 0 Å². The van der Waals surface area contributed by atoms with E-state index in [9.17, 15) is 24.6 Å². The van der Waals surface area contributed by atoms with Gasteiger partial charge in [0.05, 0.1) is 18.7 Å². The minimum Gasteiger partial charge on any atom is -0.507 e. The second kappa shape index (κ2) is 10.00. The van der Waals surface area contributed by atoms with Gasteiger partial charge in [0.25, 0.3) is 11.7 Å². The molecule has 0 saturated carbocycles. The number of ether oxygens (including phenoxy) is 1. The maximum atomic E-state index is 12.9. The van der Waals surface area contributed by atoms with Gasteiger partial charge >= 0.3 is 5.97 Å². The van der Waals surface area contributed by atoms with Crippen molar-refractivity contribution in [1.29, 1.82) is 0 Å². The highest BCUT2D eigenvalue weighted by Gasteiger charge is 2.46. The van der Waals surface area contributed by atoms with Gasteiger partial charge in [-0.2, -0.15) is 0 Å². The number of rotatable bonds is 9. The number of aliphatic carboxylic acids is 1. The minimum absolute atomic E-state index is 0.0331. The third-order valence-electron chi connectivity index (χ3n) is 5.40. The van der Waals surface area contributed by atoms with Crippen LogP contribution in [-0.4, -0.2) is 51.5 Å². The molecule has 0 aliphatic carbocycles. The number of nitrogens with zero attached hydrogens (tertiary/aromatic N) is 1. The van der Waals surface area contributed by atoms with Crippen LogP contribution in [0.25, 0.3) is 5.76 Å². The van der Waals surface area contributed by atoms with E-state index in [4.69, 9.17) is 9.84 Å². The number of ketones is 1. The van der Waals surface area contributed by atoms with E-state index in [0.717, 1.165) is 0 Å². The highest BCUT2D eigenvalue weighted by molar-refractivity contribution is 6.46. The molecule has 1 unspecified atom stereocenters. The predicted octanol–water partition coefficient (Wildman–Crippen LogP) is 3.47. The minimum atomic E-state index is -0.885. The summed E-state index contributed by atoms with van der Waals surface area (Å²) in [5, 5.41) is 29.7. The molecule has 8 heteroatoms. The number of hydrogen-bond acceptors (Lipinski definition) is 6. The van der Waals surface area contributed by atoms with Gasteiger partial charge in [-0.15, -0.1) is 0 Å². The zero-order valence-corrected chi connectivity index (χ0v) is 17.7. The number of amides is 1. The van der Waals surface area contributed by atoms with Crippen LogP contribution in [0.3, 0.4) is 0 Å². The van der Waals surface area contributed by atoms with Crippen molar-refractivity contribution >= 4 is 23.4 Å². The zero-order chi connectivity index (χ0) is 23.3. The Morgan fingerprint density at radius 3 is 2.41 bits per heavy atom. The van der Waals surface area contributed by atoms with E-state index < -0.39 is 23.7 Å². The first-order valence-electron chi connectivity index (χ1n) is 10.3. The van der Waals surface area contributed by atoms with Crippen LogP contribution < -0.4 is 4.74 Å². The Morgan fingerprint density at radius 1 is 1.03 bits per heavy atom. The number of hydrogen-bond donors (Lipinski definition) is 3. The number of aliphatic hydroxyl groups is 1. The van der Waals surface area contributed by atoms with Crippen molar-refractivity contribution in [2.24, 2.45) is 0 Å². The van der Waals surface area contributed by atoms with E-state index in [0.29, 0.717) is 30.4 Å². The monoisotopic (exact) mass is 439 g/mol. The van der Waals surface area contributed by atoms with Crippen LogP contribution in [0.1, 0.15) is 42.9 Å². The highest BCUT2D eigenvalue weighted by Crippen LogP contribution is 2.41. The van der Waals surface area contributed by atoms with Crippen molar-refractivity contribution in [3.8, 4) is 11.5 Å². The Morgan fingerprint density at radius 2 is 1.75 bits per heavy atom. The average Bonchev–Trinajstić information content (AvgIpc) is 3.04. The number of aromatic hydroxyl groups is 1. The number of carbonyl (C=O) groups is 3. The van der Waals surface area contributed by atoms with Gasteiger partial charge in [-0.1, -0.05) is 42.8 Å². The number of likely N-dealkylation sites (tertiary alicyclic amines) is 1. The van der Waals surface area contributed by atoms with Crippen LogP contribution in [0.2, 0.25) is 0 Å². The van der Waals surface area contributed by atoms with Crippen molar-refractivity contribution < 1.29 is 34.4 Å². The molecular formula is C24H25NO7. The van der Waals surface area contributed by atoms with Crippen LogP contribution in [-0.2, 0) is 14.4 Å². The van der Waals surface area contributed by atoms with Gasteiger partial charge in [0.1, 0.15) is 5.76 Å². The maximum Gasteiger partial charge on any atom is 0.303 e. The fraction of sp³-hybridized carbons (Fsp3) is 0.292. The van der Waals surface area contributed by atoms with E-state index in [1.165, 1.54) is 24.1 Å². The molecule has 0 radical (unpaired) electrons. The Bertz CT molecular complexity index is 1050. The Hall–Kier alpha value is -3.81. The zero-order valence-electron chi connectivity index (χ0n) is 17.7. The van der Waals surface area contributed by atoms with Gasteiger partial charge in [-0.3, -0.25) is 14.4 Å². The molecule has 3 N–H and O–H groups in total. The summed E-state index contributed by atoms with van der Waals surface area (Å²) in [5.41, 5.74) is 0.865. The molecule has 1 aliphatic heterocycles. The summed E-state index contributed by atoms with van der Waals surface area (Å²) in [6.45, 7) is 0.212. The molecule has 2 aromatic carbocycles. The lowest BCUT2D eigenvalue weighted by molar-refractivity contribution is -0.140. The topological polar surface area (TPSA) is 124 Å². The predicted molar refractivity (Wildman–Crippen MR) is 116 cm³/mol. The van der Waals surface area contributed by atoms with Crippen molar-refractivity contribution in [3.63, 3.8) is 0 Å². The number of Topliss-reactive ketones (excluding diaryl/α,β-unsaturated/α-hetero) is 1. The van der Waals surface area contributed by atoms with Crippen molar-refractivity contribution in [3.05, 3.63) is 65.2 Å². The van der Waals surface area contributed by atoms with Gasteiger partial charge in [0, 0.05) is 18.5 Å². The molecule has 32 heavy (non-hydrogen) atoms. The number of carbonyl (C=O) groups excluding carboxylic acids is 2. The van der Waals surface area contributed by atoms with Crippen LogP contribution >= 0.6 is 0 Å². The molecule has 1 heterocycles. The number of phenols is 1. The standard InChI is InChI=1S/C24H25NO7/c1-32-18-14-16(11-12-17(18)26)21-20(22(29)15-8-4-2-5-9-15)23(30)24(31)25(21)13-7-3-6-10-19(27)28/h2,4-5,8-9,11-12,14,21,26,29H,3,6-7,10,13H2,1H3,(H,27,28)/b22-20-. The molecule has 8 nitrogen and oxygen atoms in total. The number of carboxylic acids is 1. The van der Waals surface area contributed by atoms with E-state index in [2.05, 4.69) is 0 Å². The number of phenolic OH excluding ortho intramolecular Hbond substituents is 1. The first-order chi connectivity index (χ1) is 15.3. The summed E-state index contributed by atoms with van der Waals surface area (Å²) in [6, 6.07) is 12.1. The lowest BCUT2D eigenvalue weighted by Crippen LogP contribution is -2.30. The third kappa shape index (κ3) is 4.74. The van der Waals surface area contributed by atoms with Crippen LogP contribution in [0.4, 0.5) is 0 Å². The smallest absolute Gasteiger partial charge is 0.303 e. The third-order valence-corrected chi connectivity index (χ3v) is 5.40. The normalized spacial score (nSPS) is 17.5. The van der Waals surface area contributed by atoms with Crippen molar-refractivity contribution in [2.75, 3.05) is 13.7 Å². The summed E-state index contributed by atoms with van der Waals surface area (Å²) in [6.07, 6.45) is 1.56. The number of methoxy groups -OCH3 is 1. The molecule has 0 aromatic heterocycles. The average molecular weight is 439 g/mol. The summed E-state index contributed by atoms with van der Waals surface area (Å²) in [4.78, 5) is 37.9. The van der Waals surface area contributed by atoms with Crippen LogP contribution in [0.15, 0.2) is 54.1 Å². The van der Waals surface area contributed by atoms with Crippen LogP contribution in [0, 0.1) is 0 Å². The highest BCUT2D eigenvalue weighted by atomic mass is 16.5. The molecular weight excluding hydrogens is 414 g/mol. The fourth-order valence-electron chi connectivity index (χ4n) is 3.81. The molecule has 1 amide bonds. The van der Waals surface area contributed by atoms with E-state index in [-0.39, 0.29) is 35.8 Å². The second-order valence-corrected chi connectivity index (χ2v) is 7.49. The Balaban J connectivity index is 2.01. The number of unbranched alkanes of at least 4 members (excludes halogenated alkanes) is 2. The van der Waals surface area contributed by atoms with Gasteiger partial charge in [0.2, 0.25) is 0 Å². The molecule has 1 saturated heterocycles. The molecule has 168 valence electrons. The maximum absolute atomic E-state index is 12.9. The lowest BCUT2D eigenvalue weighted by Gasteiger charge is -2.25. The number of carboxylic acid groups (broad SMARTS) is 1. The fourth-order valence-corrected chi connectivity index (χ4v) is 3.81. The summed E-state index contributed by atoms with van der Waals surface area (Å²) >= 11 is 0. The van der Waals surface area contributed by atoms with E-state index in [1.807, 2.05) is 0 Å². The molecule has 0 spiro atoms. The molecule has 1 fully saturated rings. The van der Waals surface area contributed by atoms with Crippen molar-refractivity contribution in [1.82, 2.24) is 4.90 Å². The number of benzene rings is 2. The second-order valence-electron chi connectivity index (χ2n) is 7.49. The summed E-state index contributed by atoms with van der Waals surface area (Å²) in [7, 11) is 1.39. The molecule has 2 aromatic rings. The van der Waals surface area contributed by atoms with Crippen molar-refractivity contribution in [2.45, 2.75) is 31.7 Å². The first kappa shape index (κ1) is 22.9. The SMILES string of the molecule is COc1cc(C2/C(=C(/O)c3ccccc3)C(=O)C(=O)N2CCCCCC(=O)O)ccc1O. The van der Waals surface area contributed by atoms with E-state index in [1.54, 1.807) is 36.4 Å². The van der Waals surface area contributed by atoms with Crippen LogP contribution in [0.5, 0.6) is 11.5 Å². The van der Waals surface area contributed by atoms with Gasteiger partial charge < -0.3 is 25.0 Å². The number of aliphatic hydroxyl groups excluding tert-OH is 1. The first-order valence-corrected chi connectivity index (χ1v) is 10.3. The van der Waals surface area contributed by atoms with Gasteiger partial charge in [-0.05, 0) is 30.5 Å². The van der Waals surface area contributed by atoms with E-state index >= 15 is 0 Å².